The first-order valence-corrected chi connectivity index (χ1v) is 13.6. The van der Waals surface area contributed by atoms with Gasteiger partial charge in [0.25, 0.3) is 5.69 Å². The van der Waals surface area contributed by atoms with Crippen molar-refractivity contribution < 1.29 is 19.3 Å². The molecule has 0 aliphatic carbocycles. The quantitative estimate of drug-likeness (QED) is 0.197. The molecule has 3 aliphatic rings. The van der Waals surface area contributed by atoms with Gasteiger partial charge in [-0.25, -0.2) is 0 Å². The number of rotatable bonds is 5. The summed E-state index contributed by atoms with van der Waals surface area (Å²) in [6.07, 6.45) is 3.66. The number of Topliss-reactive ketones (excluding diaryl/α,β-unsaturated/α-hetero) is 2. The van der Waals surface area contributed by atoms with Crippen LogP contribution in [0.25, 0.3) is 6.08 Å². The summed E-state index contributed by atoms with van der Waals surface area (Å²) in [5, 5.41) is 16.3. The molecule has 1 N–H and O–H groups in total. The van der Waals surface area contributed by atoms with Gasteiger partial charge in [0.15, 0.2) is 11.6 Å². The summed E-state index contributed by atoms with van der Waals surface area (Å²) in [7, 11) is 0. The summed E-state index contributed by atoms with van der Waals surface area (Å²) >= 11 is 1.26. The van der Waals surface area contributed by atoms with Gasteiger partial charge >= 0.3 is 0 Å². The standard InChI is InChI=1S/C31H21N3O5S/c35-27(19-8-5-9-20(17-19)34(38)39)26-25(28(36)24-13-6-16-40-24)31(22-11-3-4-12-23(22)32-30(31)37)29-21-10-2-1-7-18(21)14-15-33(26)29/h1-17,25-26,29H,(H,32,37)/t25-,26+,29+,31+/m0/s1. The first kappa shape index (κ1) is 24.2. The molecule has 3 aromatic carbocycles. The lowest BCUT2D eigenvalue weighted by molar-refractivity contribution is -0.384. The average molecular weight is 548 g/mol. The van der Waals surface area contributed by atoms with E-state index in [0.717, 1.165) is 11.1 Å². The fourth-order valence-corrected chi connectivity index (χ4v) is 7.39. The minimum atomic E-state index is -1.43. The van der Waals surface area contributed by atoms with Crippen molar-refractivity contribution in [3.8, 4) is 0 Å². The molecule has 0 bridgehead atoms. The highest BCUT2D eigenvalue weighted by Gasteiger charge is 2.70. The van der Waals surface area contributed by atoms with Crippen LogP contribution in [-0.2, 0) is 10.2 Å². The smallest absolute Gasteiger partial charge is 0.270 e. The third-order valence-corrected chi connectivity index (χ3v) is 9.11. The van der Waals surface area contributed by atoms with Crippen molar-refractivity contribution in [1.29, 1.82) is 0 Å². The number of hydrogen-bond acceptors (Lipinski definition) is 7. The molecular formula is C31H21N3O5S. The molecule has 3 aliphatic heterocycles. The third-order valence-electron chi connectivity index (χ3n) is 8.23. The number of para-hydroxylation sites is 1. The topological polar surface area (TPSA) is 110 Å². The van der Waals surface area contributed by atoms with Crippen molar-refractivity contribution in [3.05, 3.63) is 134 Å². The second kappa shape index (κ2) is 8.82. The van der Waals surface area contributed by atoms with E-state index in [1.165, 1.54) is 35.6 Å². The molecule has 1 aromatic heterocycles. The molecule has 0 radical (unpaired) electrons. The van der Waals surface area contributed by atoms with Crippen LogP contribution < -0.4 is 5.32 Å². The summed E-state index contributed by atoms with van der Waals surface area (Å²) in [5.74, 6) is -2.23. The molecule has 4 heterocycles. The van der Waals surface area contributed by atoms with Crippen LogP contribution in [0.2, 0.25) is 0 Å². The molecule has 8 nitrogen and oxygen atoms in total. The highest BCUT2D eigenvalue weighted by molar-refractivity contribution is 7.12. The van der Waals surface area contributed by atoms with E-state index >= 15 is 0 Å². The van der Waals surface area contributed by atoms with E-state index in [2.05, 4.69) is 5.32 Å². The molecule has 40 heavy (non-hydrogen) atoms. The number of carbonyl (C=O) groups is 3. The van der Waals surface area contributed by atoms with Gasteiger partial charge in [0, 0.05) is 29.6 Å². The fourth-order valence-electron chi connectivity index (χ4n) is 6.68. The van der Waals surface area contributed by atoms with Crippen molar-refractivity contribution in [1.82, 2.24) is 4.90 Å². The van der Waals surface area contributed by atoms with E-state index < -0.39 is 34.1 Å². The molecule has 1 saturated heterocycles. The van der Waals surface area contributed by atoms with Crippen LogP contribution in [0.15, 0.2) is 96.5 Å². The third kappa shape index (κ3) is 3.21. The number of nitro groups is 1. The van der Waals surface area contributed by atoms with Gasteiger partial charge in [-0.3, -0.25) is 24.5 Å². The van der Waals surface area contributed by atoms with E-state index in [9.17, 15) is 24.5 Å². The summed E-state index contributed by atoms with van der Waals surface area (Å²) in [6, 6.07) is 22.2. The monoisotopic (exact) mass is 547 g/mol. The van der Waals surface area contributed by atoms with Crippen molar-refractivity contribution in [2.45, 2.75) is 17.5 Å². The van der Waals surface area contributed by atoms with Gasteiger partial charge in [-0.15, -0.1) is 11.3 Å². The zero-order valence-electron chi connectivity index (χ0n) is 20.9. The number of nitrogens with zero attached hydrogens (tertiary/aromatic N) is 2. The number of nitro benzene ring substituents is 1. The van der Waals surface area contributed by atoms with Gasteiger partial charge in [-0.2, -0.15) is 0 Å². The Bertz CT molecular complexity index is 1760. The molecule has 1 spiro atoms. The van der Waals surface area contributed by atoms with Crippen LogP contribution in [0.4, 0.5) is 11.4 Å². The maximum absolute atomic E-state index is 14.5. The summed E-state index contributed by atoms with van der Waals surface area (Å²) in [4.78, 5) is 56.6. The van der Waals surface area contributed by atoms with Gasteiger partial charge in [0.1, 0.15) is 11.5 Å². The predicted octanol–water partition coefficient (Wildman–Crippen LogP) is 5.64. The summed E-state index contributed by atoms with van der Waals surface area (Å²) < 4.78 is 0. The number of non-ortho nitro benzene ring substituents is 1. The fraction of sp³-hybridized carbons (Fsp3) is 0.129. The SMILES string of the molecule is O=C(c1cccs1)[C@@H]1[C@H](C(=O)c2cccc([N+](=O)[O-])c2)N2C=Cc3ccccc3[C@@H]2[C@]12C(=O)Nc1ccccc12. The second-order valence-electron chi connectivity index (χ2n) is 10.1. The number of thiophene rings is 1. The van der Waals surface area contributed by atoms with E-state index in [4.69, 9.17) is 0 Å². The van der Waals surface area contributed by atoms with Crippen molar-refractivity contribution in [3.63, 3.8) is 0 Å². The molecule has 0 unspecified atom stereocenters. The van der Waals surface area contributed by atoms with Crippen LogP contribution >= 0.6 is 11.3 Å². The Morgan fingerprint density at radius 3 is 2.55 bits per heavy atom. The minimum absolute atomic E-state index is 0.109. The normalized spacial score (nSPS) is 23.9. The number of amides is 1. The number of carbonyl (C=O) groups excluding carboxylic acids is 3. The van der Waals surface area contributed by atoms with Crippen LogP contribution in [-0.4, -0.2) is 33.3 Å². The first-order chi connectivity index (χ1) is 19.4. The van der Waals surface area contributed by atoms with Crippen LogP contribution in [0.3, 0.4) is 0 Å². The molecule has 0 saturated carbocycles. The highest BCUT2D eigenvalue weighted by atomic mass is 32.1. The Labute approximate surface area is 232 Å². The van der Waals surface area contributed by atoms with Gasteiger partial charge in [0.2, 0.25) is 5.91 Å². The lowest BCUT2D eigenvalue weighted by Crippen LogP contribution is -2.49. The Balaban J connectivity index is 1.53. The number of hydrogen-bond donors (Lipinski definition) is 1. The molecule has 1 amide bonds. The largest absolute Gasteiger partial charge is 0.358 e. The number of ketones is 2. The first-order valence-electron chi connectivity index (χ1n) is 12.7. The molecule has 9 heteroatoms. The molecule has 7 rings (SSSR count). The van der Waals surface area contributed by atoms with E-state index in [-0.39, 0.29) is 22.9 Å². The number of fused-ring (bicyclic) bond motifs is 6. The minimum Gasteiger partial charge on any atom is -0.358 e. The van der Waals surface area contributed by atoms with Crippen molar-refractivity contribution >= 4 is 46.3 Å². The Morgan fingerprint density at radius 2 is 1.75 bits per heavy atom. The highest BCUT2D eigenvalue weighted by Crippen LogP contribution is 2.62. The summed E-state index contributed by atoms with van der Waals surface area (Å²) in [6.45, 7) is 0. The lowest BCUT2D eigenvalue weighted by atomic mass is 9.63. The van der Waals surface area contributed by atoms with E-state index in [1.54, 1.807) is 29.8 Å². The van der Waals surface area contributed by atoms with Crippen LogP contribution in [0.1, 0.15) is 42.8 Å². The van der Waals surface area contributed by atoms with Gasteiger partial charge in [-0.05, 0) is 40.3 Å². The maximum atomic E-state index is 14.5. The van der Waals surface area contributed by atoms with Crippen molar-refractivity contribution in [2.24, 2.45) is 5.92 Å². The average Bonchev–Trinajstić information content (AvgIpc) is 3.69. The molecule has 196 valence electrons. The van der Waals surface area contributed by atoms with Gasteiger partial charge < -0.3 is 10.2 Å². The number of benzene rings is 3. The summed E-state index contributed by atoms with van der Waals surface area (Å²) in [5.41, 5.74) is 1.44. The van der Waals surface area contributed by atoms with Gasteiger partial charge in [0.05, 0.1) is 21.8 Å². The van der Waals surface area contributed by atoms with E-state index in [1.807, 2.05) is 53.4 Å². The molecular weight excluding hydrogens is 526 g/mol. The Kier molecular flexibility index (Phi) is 5.33. The Hall–Kier alpha value is -4.89. The molecule has 4 aromatic rings. The maximum Gasteiger partial charge on any atom is 0.270 e. The Morgan fingerprint density at radius 1 is 0.950 bits per heavy atom. The molecule has 4 atom stereocenters. The number of anilines is 1. The molecule has 1 fully saturated rings. The predicted molar refractivity (Wildman–Crippen MR) is 150 cm³/mol. The van der Waals surface area contributed by atoms with E-state index in [0.29, 0.717) is 16.1 Å². The van der Waals surface area contributed by atoms with Crippen LogP contribution in [0.5, 0.6) is 0 Å². The van der Waals surface area contributed by atoms with Crippen molar-refractivity contribution in [2.75, 3.05) is 5.32 Å². The lowest BCUT2D eigenvalue weighted by Gasteiger charge is -2.38. The zero-order chi connectivity index (χ0) is 27.6. The number of nitrogens with one attached hydrogen (secondary N) is 1. The second-order valence-corrected chi connectivity index (χ2v) is 11.0. The zero-order valence-corrected chi connectivity index (χ0v) is 21.7. The van der Waals surface area contributed by atoms with Gasteiger partial charge in [-0.1, -0.05) is 60.7 Å². The van der Waals surface area contributed by atoms with Crippen LogP contribution in [0, 0.1) is 16.0 Å².